The summed E-state index contributed by atoms with van der Waals surface area (Å²) in [5.41, 5.74) is 34.6. The molecule has 0 aromatic heterocycles. The van der Waals surface area contributed by atoms with Gasteiger partial charge < -0.3 is 0 Å². The molecule has 11 aromatic carbocycles. The molecule has 0 N–H and O–H groups in total. The number of hydrogen-bond acceptors (Lipinski definition) is 0. The Bertz CT molecular complexity index is 4420. The molecule has 0 fully saturated rings. The number of rotatable bonds is 12. The van der Waals surface area contributed by atoms with E-state index in [4.69, 9.17) is 6.58 Å². The van der Waals surface area contributed by atoms with Gasteiger partial charge in [-0.05, 0) is 183 Å². The van der Waals surface area contributed by atoms with E-state index in [0.717, 1.165) is 24.8 Å². The lowest BCUT2D eigenvalue weighted by molar-refractivity contribution is 0.766. The summed E-state index contributed by atoms with van der Waals surface area (Å²) < 4.78 is 0. The van der Waals surface area contributed by atoms with E-state index >= 15 is 0 Å². The largest absolute Gasteiger partial charge is 0.0908 e. The van der Waals surface area contributed by atoms with Crippen molar-refractivity contribution in [3.63, 3.8) is 0 Å². The number of aryl methyl sites for hydroxylation is 6. The summed E-state index contributed by atoms with van der Waals surface area (Å²) in [4.78, 5) is 0. The van der Waals surface area contributed by atoms with E-state index in [-0.39, 0.29) is 0 Å². The molecule has 0 aliphatic heterocycles. The molecule has 3 aliphatic rings. The minimum atomic E-state index is -0.585. The molecule has 2 atom stereocenters. The summed E-state index contributed by atoms with van der Waals surface area (Å²) >= 11 is 0. The molecule has 2 unspecified atom stereocenters. The Balaban J connectivity index is 0.828. The van der Waals surface area contributed by atoms with E-state index in [9.17, 15) is 0 Å². The van der Waals surface area contributed by atoms with Gasteiger partial charge in [-0.2, -0.15) is 0 Å². The summed E-state index contributed by atoms with van der Waals surface area (Å²) in [6, 6.07) is 95.4. The molecule has 85 heavy (non-hydrogen) atoms. The van der Waals surface area contributed by atoms with Crippen LogP contribution in [-0.4, -0.2) is 0 Å². The first-order valence-electron chi connectivity index (χ1n) is 30.5. The van der Waals surface area contributed by atoms with Crippen molar-refractivity contribution in [1.29, 1.82) is 0 Å². The van der Waals surface area contributed by atoms with E-state index in [1.807, 2.05) is 0 Å². The molecule has 0 saturated heterocycles. The average Bonchev–Trinajstić information content (AvgIpc) is 1.61. The Morgan fingerprint density at radius 1 is 0.353 bits per heavy atom. The quantitative estimate of drug-likeness (QED) is 0.114. The first-order valence-corrected chi connectivity index (χ1v) is 30.5. The van der Waals surface area contributed by atoms with Crippen LogP contribution in [0.3, 0.4) is 0 Å². The van der Waals surface area contributed by atoms with Crippen LogP contribution < -0.4 is 0 Å². The van der Waals surface area contributed by atoms with Gasteiger partial charge in [0.2, 0.25) is 0 Å². The first kappa shape index (κ1) is 53.6. The fourth-order valence-corrected chi connectivity index (χ4v) is 15.3. The molecule has 412 valence electrons. The minimum Gasteiger partial charge on any atom is -0.0908 e. The van der Waals surface area contributed by atoms with Crippen molar-refractivity contribution in [2.75, 3.05) is 0 Å². The Kier molecular flexibility index (Phi) is 13.3. The maximum atomic E-state index is 4.93. The Labute approximate surface area is 504 Å². The maximum Gasteiger partial charge on any atom is 0.0713 e. The Morgan fingerprint density at radius 2 is 0.788 bits per heavy atom. The third-order valence-corrected chi connectivity index (χ3v) is 19.5. The number of allylic oxidation sites excluding steroid dienone is 5. The summed E-state index contributed by atoms with van der Waals surface area (Å²) in [5.74, 6) is 0. The topological polar surface area (TPSA) is 0 Å². The second-order valence-corrected chi connectivity index (χ2v) is 24.7. The van der Waals surface area contributed by atoms with E-state index < -0.39 is 16.2 Å². The molecule has 3 aliphatic carbocycles. The van der Waals surface area contributed by atoms with Crippen molar-refractivity contribution in [2.45, 2.75) is 84.0 Å². The fourth-order valence-electron chi connectivity index (χ4n) is 15.3. The molecule has 0 nitrogen and oxygen atoms in total. The van der Waals surface area contributed by atoms with Crippen molar-refractivity contribution < 1.29 is 0 Å². The lowest BCUT2D eigenvalue weighted by Crippen LogP contribution is -2.28. The molecule has 11 aromatic rings. The molecule has 0 heteroatoms. The number of fused-ring (bicyclic) bond motifs is 7. The summed E-state index contributed by atoms with van der Waals surface area (Å²) in [7, 11) is 0. The smallest absolute Gasteiger partial charge is 0.0713 e. The molecular weight excluding hydrogens is 1020 g/mol. The fraction of sp³-hybridized carbons (Fsp3) is 0.153. The van der Waals surface area contributed by atoms with Crippen LogP contribution >= 0.6 is 0 Å². The monoisotopic (exact) mass is 1090 g/mol. The summed E-state index contributed by atoms with van der Waals surface area (Å²) in [6.45, 7) is 20.5. The standard InChI is InChI=1S/C85H72/c1-9-62(52-63-30-46-71(47-31-63)84(67-38-23-56(3)24-39-67)78-19-13-11-17-74(78)82-60(7)15-14-20-80(82)84)34-49-76-61(8)72-16-10-12-18-77(72)83(76,66-36-21-55(2)22-37-66)70-44-32-64(33-45-70)53-65-35-50-79-75(54-65)73-48-29-59(6)51-81(73)85(79,68-40-25-57(4)26-41-68)69-42-27-58(5)28-43-69/h10-51,54H,8-9,52-53H2,1-7H3. The van der Waals surface area contributed by atoms with Gasteiger partial charge in [-0.1, -0.05) is 308 Å². The molecule has 0 spiro atoms. The van der Waals surface area contributed by atoms with E-state index in [0.29, 0.717) is 0 Å². The van der Waals surface area contributed by atoms with Gasteiger partial charge in [-0.25, -0.2) is 0 Å². The Morgan fingerprint density at radius 3 is 1.34 bits per heavy atom. The first-order chi connectivity index (χ1) is 41.4. The minimum absolute atomic E-state index is 0.431. The van der Waals surface area contributed by atoms with Crippen molar-refractivity contribution in [3.8, 4) is 22.3 Å². The van der Waals surface area contributed by atoms with Gasteiger partial charge in [0, 0.05) is 0 Å². The van der Waals surface area contributed by atoms with Gasteiger partial charge in [0.05, 0.1) is 16.2 Å². The van der Waals surface area contributed by atoms with Gasteiger partial charge in [-0.3, -0.25) is 0 Å². The number of benzene rings is 11. The molecule has 0 saturated carbocycles. The highest BCUT2D eigenvalue weighted by Crippen LogP contribution is 2.60. The maximum absolute atomic E-state index is 4.93. The average molecular weight is 1090 g/mol. The third kappa shape index (κ3) is 8.47. The van der Waals surface area contributed by atoms with Gasteiger partial charge in [0.15, 0.2) is 0 Å². The number of hydrogen-bond donors (Lipinski definition) is 0. The van der Waals surface area contributed by atoms with E-state index in [2.05, 4.69) is 309 Å². The second-order valence-electron chi connectivity index (χ2n) is 24.7. The Hall–Kier alpha value is -9.36. The zero-order valence-corrected chi connectivity index (χ0v) is 50.2. The van der Waals surface area contributed by atoms with Gasteiger partial charge in [-0.15, -0.1) is 0 Å². The lowest BCUT2D eigenvalue weighted by atomic mass is 9.67. The van der Waals surface area contributed by atoms with Crippen molar-refractivity contribution in [2.24, 2.45) is 0 Å². The summed E-state index contributed by atoms with van der Waals surface area (Å²) in [5, 5.41) is 0. The van der Waals surface area contributed by atoms with Crippen molar-refractivity contribution in [3.05, 3.63) is 395 Å². The highest BCUT2D eigenvalue weighted by Gasteiger charge is 2.50. The van der Waals surface area contributed by atoms with Crippen LogP contribution in [0.25, 0.3) is 27.8 Å². The summed E-state index contributed by atoms with van der Waals surface area (Å²) in [6.07, 6.45) is 7.43. The highest BCUT2D eigenvalue weighted by atomic mass is 14.5. The van der Waals surface area contributed by atoms with Crippen molar-refractivity contribution >= 4 is 5.57 Å². The van der Waals surface area contributed by atoms with Gasteiger partial charge >= 0.3 is 0 Å². The SMILES string of the molecule is C=C1C(=CC=C(CC)Cc2ccc(C3(c4ccc(C)cc4)c4ccccc4-c4c(C)cccc43)cc2)C(c2ccc(C)cc2)(c2ccc(Cc3ccc4c(c3)-c3ccc(C)cc3C4(c3ccc(C)cc3)c3ccc(C)cc3)cc2)c2ccccc21. The normalized spacial score (nSPS) is 17.6. The predicted octanol–water partition coefficient (Wildman–Crippen LogP) is 20.7. The third-order valence-electron chi connectivity index (χ3n) is 19.5. The zero-order chi connectivity index (χ0) is 58.2. The van der Waals surface area contributed by atoms with Crippen LogP contribution in [0.5, 0.6) is 0 Å². The van der Waals surface area contributed by atoms with Crippen LogP contribution in [0, 0.1) is 41.5 Å². The zero-order valence-electron chi connectivity index (χ0n) is 50.2. The molecular formula is C85H72. The van der Waals surface area contributed by atoms with Crippen LogP contribution in [0.15, 0.2) is 279 Å². The van der Waals surface area contributed by atoms with Gasteiger partial charge in [0.25, 0.3) is 0 Å². The predicted molar refractivity (Wildman–Crippen MR) is 357 cm³/mol. The van der Waals surface area contributed by atoms with Crippen LogP contribution in [0.4, 0.5) is 0 Å². The van der Waals surface area contributed by atoms with Crippen LogP contribution in [-0.2, 0) is 29.1 Å². The van der Waals surface area contributed by atoms with Crippen LogP contribution in [0.1, 0.15) is 130 Å². The van der Waals surface area contributed by atoms with Crippen LogP contribution in [0.2, 0.25) is 0 Å². The molecule has 0 heterocycles. The lowest BCUT2D eigenvalue weighted by Gasteiger charge is -2.34. The van der Waals surface area contributed by atoms with E-state index in [1.54, 1.807) is 0 Å². The molecule has 0 bridgehead atoms. The van der Waals surface area contributed by atoms with E-state index in [1.165, 1.54) is 150 Å². The molecule has 14 rings (SSSR count). The second kappa shape index (κ2) is 21.1. The molecule has 0 amide bonds. The molecule has 0 radical (unpaired) electrons. The van der Waals surface area contributed by atoms with Gasteiger partial charge in [0.1, 0.15) is 0 Å². The van der Waals surface area contributed by atoms with Crippen molar-refractivity contribution in [1.82, 2.24) is 0 Å². The highest BCUT2D eigenvalue weighted by molar-refractivity contribution is 5.94.